The molecule has 10 heteroatoms. The van der Waals surface area contributed by atoms with Crippen LogP contribution in [0.2, 0.25) is 0 Å². The van der Waals surface area contributed by atoms with Crippen molar-refractivity contribution in [3.8, 4) is 34.1 Å². The van der Waals surface area contributed by atoms with Gasteiger partial charge in [0, 0.05) is 17.5 Å². The molecule has 3 heterocycles. The minimum Gasteiger partial charge on any atom is -0.490 e. The van der Waals surface area contributed by atoms with Gasteiger partial charge < -0.3 is 23.8 Å². The molecule has 0 aliphatic carbocycles. The minimum absolute atomic E-state index is 0.0571. The summed E-state index contributed by atoms with van der Waals surface area (Å²) in [6.07, 6.45) is 2.92. The normalized spacial score (nSPS) is 14.1. The molecule has 0 spiro atoms. The van der Waals surface area contributed by atoms with Crippen LogP contribution in [0.4, 0.5) is 0 Å². The van der Waals surface area contributed by atoms with Gasteiger partial charge in [-0.15, -0.1) is 11.3 Å². The van der Waals surface area contributed by atoms with Gasteiger partial charge in [-0.1, -0.05) is 48.2 Å². The van der Waals surface area contributed by atoms with E-state index in [4.69, 9.17) is 18.9 Å². The maximum absolute atomic E-state index is 14.3. The smallest absolute Gasteiger partial charge is 0.233 e. The molecule has 1 aliphatic heterocycles. The lowest BCUT2D eigenvalue weighted by Crippen LogP contribution is -2.42. The van der Waals surface area contributed by atoms with Gasteiger partial charge >= 0.3 is 0 Å². The zero-order valence-electron chi connectivity index (χ0n) is 27.9. The Hall–Kier alpha value is -4.28. The first-order valence-electron chi connectivity index (χ1n) is 16.5. The van der Waals surface area contributed by atoms with Gasteiger partial charge in [0.1, 0.15) is 16.2 Å². The van der Waals surface area contributed by atoms with Gasteiger partial charge in [-0.25, -0.2) is 9.97 Å². The van der Waals surface area contributed by atoms with Crippen LogP contribution < -0.4 is 18.9 Å². The third-order valence-electron chi connectivity index (χ3n) is 8.27. The summed E-state index contributed by atoms with van der Waals surface area (Å²) in [6.45, 7) is 10.6. The van der Waals surface area contributed by atoms with E-state index in [0.29, 0.717) is 50.9 Å². The Bertz CT molecular complexity index is 1860. The Labute approximate surface area is 290 Å². The molecular formula is C38H41N3O5S2. The lowest BCUT2D eigenvalue weighted by Gasteiger charge is -2.38. The van der Waals surface area contributed by atoms with E-state index in [1.807, 2.05) is 62.9 Å². The van der Waals surface area contributed by atoms with Crippen molar-refractivity contribution in [2.45, 2.75) is 51.6 Å². The number of nitrogens with zero attached hydrogens (tertiary/aromatic N) is 3. The highest BCUT2D eigenvalue weighted by Crippen LogP contribution is 2.42. The number of aromatic nitrogens is 2. The number of carbonyl (C=O) groups is 1. The number of thioether (sulfide) groups is 1. The molecule has 0 unspecified atom stereocenters. The van der Waals surface area contributed by atoms with Gasteiger partial charge in [0.15, 0.2) is 23.0 Å². The van der Waals surface area contributed by atoms with Crippen molar-refractivity contribution in [1.29, 1.82) is 0 Å². The predicted molar refractivity (Wildman–Crippen MR) is 193 cm³/mol. The van der Waals surface area contributed by atoms with E-state index in [9.17, 15) is 4.79 Å². The summed E-state index contributed by atoms with van der Waals surface area (Å²) in [7, 11) is 0. The average Bonchev–Trinajstić information content (AvgIpc) is 3.55. The molecule has 0 N–H and O–H groups in total. The molecule has 250 valence electrons. The van der Waals surface area contributed by atoms with Crippen molar-refractivity contribution in [2.75, 3.05) is 38.7 Å². The van der Waals surface area contributed by atoms with Crippen LogP contribution in [-0.4, -0.2) is 59.5 Å². The first-order valence-corrected chi connectivity index (χ1v) is 18.4. The number of carbonyl (C=O) groups excluding carboxylic acids is 1. The van der Waals surface area contributed by atoms with Crippen molar-refractivity contribution in [1.82, 2.24) is 14.9 Å². The zero-order valence-corrected chi connectivity index (χ0v) is 29.5. The second-order valence-electron chi connectivity index (χ2n) is 11.2. The highest BCUT2D eigenvalue weighted by atomic mass is 32.2. The number of rotatable bonds is 14. The quantitative estimate of drug-likeness (QED) is 0.0853. The molecule has 8 nitrogen and oxygen atoms in total. The van der Waals surface area contributed by atoms with Gasteiger partial charge in [-0.2, -0.15) is 0 Å². The van der Waals surface area contributed by atoms with Crippen LogP contribution in [0.25, 0.3) is 21.3 Å². The first-order chi connectivity index (χ1) is 23.5. The molecule has 0 saturated carbocycles. The molecular weight excluding hydrogens is 643 g/mol. The first kappa shape index (κ1) is 33.6. The van der Waals surface area contributed by atoms with E-state index >= 15 is 0 Å². The Kier molecular flexibility index (Phi) is 11.0. The highest BCUT2D eigenvalue weighted by molar-refractivity contribution is 8.00. The Morgan fingerprint density at radius 2 is 1.54 bits per heavy atom. The second-order valence-corrected chi connectivity index (χ2v) is 13.1. The van der Waals surface area contributed by atoms with Gasteiger partial charge in [-0.05, 0) is 87.1 Å². The van der Waals surface area contributed by atoms with E-state index in [-0.39, 0.29) is 17.7 Å². The Morgan fingerprint density at radius 3 is 2.27 bits per heavy atom. The van der Waals surface area contributed by atoms with Gasteiger partial charge in [0.05, 0.1) is 43.6 Å². The van der Waals surface area contributed by atoms with Gasteiger partial charge in [0.25, 0.3) is 0 Å². The predicted octanol–water partition coefficient (Wildman–Crippen LogP) is 8.41. The van der Waals surface area contributed by atoms with Crippen molar-refractivity contribution in [3.05, 3.63) is 89.1 Å². The third kappa shape index (κ3) is 7.24. The maximum Gasteiger partial charge on any atom is 0.233 e. The molecule has 1 amide bonds. The van der Waals surface area contributed by atoms with Crippen LogP contribution in [0.5, 0.6) is 23.0 Å². The lowest BCUT2D eigenvalue weighted by molar-refractivity contribution is -0.131. The summed E-state index contributed by atoms with van der Waals surface area (Å²) >= 11 is 3.07. The van der Waals surface area contributed by atoms with Crippen LogP contribution >= 0.6 is 23.1 Å². The molecule has 3 aromatic carbocycles. The molecule has 0 bridgehead atoms. The number of hydrogen-bond donors (Lipinski definition) is 0. The number of thiophene rings is 1. The lowest BCUT2D eigenvalue weighted by atomic mass is 9.88. The van der Waals surface area contributed by atoms with Crippen LogP contribution in [0.3, 0.4) is 0 Å². The van der Waals surface area contributed by atoms with Crippen LogP contribution in [-0.2, 0) is 17.6 Å². The maximum atomic E-state index is 14.3. The summed E-state index contributed by atoms with van der Waals surface area (Å²) in [5, 5.41) is 3.93. The highest BCUT2D eigenvalue weighted by Gasteiger charge is 2.33. The van der Waals surface area contributed by atoms with Crippen LogP contribution in [0, 0.1) is 0 Å². The van der Waals surface area contributed by atoms with Crippen molar-refractivity contribution in [3.63, 3.8) is 0 Å². The Morgan fingerprint density at radius 1 is 0.854 bits per heavy atom. The summed E-state index contributed by atoms with van der Waals surface area (Å²) in [6, 6.07) is 20.3. The fraction of sp³-hybridized carbons (Fsp3) is 0.342. The molecule has 2 aromatic heterocycles. The molecule has 6 rings (SSSR count). The molecule has 0 saturated heterocycles. The minimum atomic E-state index is -0.212. The van der Waals surface area contributed by atoms with E-state index in [1.54, 1.807) is 17.7 Å². The van der Waals surface area contributed by atoms with E-state index in [0.717, 1.165) is 55.4 Å². The summed E-state index contributed by atoms with van der Waals surface area (Å²) in [5.41, 5.74) is 5.50. The molecule has 5 aromatic rings. The number of amides is 1. The van der Waals surface area contributed by atoms with E-state index in [1.165, 1.54) is 17.3 Å². The third-order valence-corrected chi connectivity index (χ3v) is 10.1. The monoisotopic (exact) mass is 683 g/mol. The molecule has 1 aliphatic rings. The summed E-state index contributed by atoms with van der Waals surface area (Å²) in [4.78, 5) is 26.4. The Balaban J connectivity index is 1.33. The number of hydrogen-bond acceptors (Lipinski definition) is 9. The molecule has 1 atom stereocenters. The number of ether oxygens (including phenoxy) is 4. The van der Waals surface area contributed by atoms with Crippen molar-refractivity contribution >= 4 is 39.2 Å². The largest absolute Gasteiger partial charge is 0.490 e. The zero-order chi connectivity index (χ0) is 33.5. The van der Waals surface area contributed by atoms with Gasteiger partial charge in [0.2, 0.25) is 5.91 Å². The van der Waals surface area contributed by atoms with E-state index < -0.39 is 0 Å². The molecule has 48 heavy (non-hydrogen) atoms. The summed E-state index contributed by atoms with van der Waals surface area (Å²) in [5.74, 6) is 3.18. The fourth-order valence-electron chi connectivity index (χ4n) is 6.21. The average molecular weight is 684 g/mol. The molecule has 0 fully saturated rings. The van der Waals surface area contributed by atoms with Crippen LogP contribution in [0.1, 0.15) is 50.4 Å². The SMILES string of the molecule is CCOc1ccc(C[C@@H]2c3cc(OCC)c(OCC)cc3CCN2C(=O)CSc2ncnc3scc(-c4ccccc4)c23)cc1OCC. The van der Waals surface area contributed by atoms with Gasteiger partial charge in [-0.3, -0.25) is 4.79 Å². The fourth-order valence-corrected chi connectivity index (χ4v) is 8.09. The number of benzene rings is 3. The second kappa shape index (κ2) is 15.7. The van der Waals surface area contributed by atoms with Crippen molar-refractivity contribution < 1.29 is 23.7 Å². The topological polar surface area (TPSA) is 83.0 Å². The number of fused-ring (bicyclic) bond motifs is 2. The molecule has 0 radical (unpaired) electrons. The standard InChI is InChI=1S/C38H41N3O5S2/c1-5-43-31-15-14-25(19-32(31)44-6-2)18-30-28-21-34(46-8-4)33(45-7-3)20-27(28)16-17-41(30)35(42)23-48-38-36-29(26-12-10-9-11-13-26)22-47-37(36)39-24-40-38/h9-15,19-22,24,30H,5-8,16-18,23H2,1-4H3/t30-/m1/s1. The summed E-state index contributed by atoms with van der Waals surface area (Å²) < 4.78 is 23.8. The van der Waals surface area contributed by atoms with E-state index in [2.05, 4.69) is 45.7 Å². The van der Waals surface area contributed by atoms with Crippen LogP contribution in [0.15, 0.2) is 77.4 Å². The van der Waals surface area contributed by atoms with Crippen molar-refractivity contribution in [2.24, 2.45) is 0 Å².